The molecule has 68 heavy (non-hydrogen) atoms. The number of aliphatic hydroxyl groups is 1. The number of hydrogen-bond donors (Lipinski definition) is 5. The molecule has 12 heterocycles. The fourth-order valence-corrected chi connectivity index (χ4v) is 11.7. The number of anilines is 6. The van der Waals surface area contributed by atoms with E-state index >= 15 is 0 Å². The molecule has 3 saturated heterocycles. The SMILES string of the molecule is Cn1ccc2c(-c3ncc(Nc4ccc(N5C[C@H]6C[C@@H]5C(C5CCCn7c(-c8ccc(Nc9ccc(N%10CCC(O)CC%10)cn9)c9c8CNC9=O)cnc7C5)O6)cn4)c4c3CNC4=O)ccnc21. The van der Waals surface area contributed by atoms with Gasteiger partial charge in [0, 0.05) is 87.2 Å². The highest BCUT2D eigenvalue weighted by molar-refractivity contribution is 6.07. The van der Waals surface area contributed by atoms with Gasteiger partial charge in [0.05, 0.1) is 94.4 Å². The van der Waals surface area contributed by atoms with Crippen LogP contribution in [0.1, 0.15) is 69.8 Å². The third-order valence-corrected chi connectivity index (χ3v) is 15.1. The predicted octanol–water partition coefficient (Wildman–Crippen LogP) is 6.22. The summed E-state index contributed by atoms with van der Waals surface area (Å²) in [6.07, 6.45) is 16.6. The van der Waals surface area contributed by atoms with Gasteiger partial charge in [-0.15, -0.1) is 0 Å². The molecule has 17 nitrogen and oxygen atoms in total. The van der Waals surface area contributed by atoms with Crippen molar-refractivity contribution in [3.8, 4) is 22.5 Å². The molecule has 4 atom stereocenters. The lowest BCUT2D eigenvalue weighted by Crippen LogP contribution is -2.47. The van der Waals surface area contributed by atoms with Gasteiger partial charge >= 0.3 is 0 Å². The Balaban J connectivity index is 0.701. The number of benzene rings is 1. The molecular weight excluding hydrogens is 859 g/mol. The Bertz CT molecular complexity index is 3140. The van der Waals surface area contributed by atoms with E-state index in [1.807, 2.05) is 72.8 Å². The Morgan fingerprint density at radius 1 is 0.750 bits per heavy atom. The van der Waals surface area contributed by atoms with E-state index in [-0.39, 0.29) is 36.2 Å². The maximum atomic E-state index is 13.4. The molecule has 17 heteroatoms. The van der Waals surface area contributed by atoms with Crippen molar-refractivity contribution in [2.24, 2.45) is 13.0 Å². The highest BCUT2D eigenvalue weighted by Crippen LogP contribution is 2.44. The first kappa shape index (κ1) is 40.9. The van der Waals surface area contributed by atoms with Crippen LogP contribution in [0.25, 0.3) is 33.5 Å². The lowest BCUT2D eigenvalue weighted by atomic mass is 9.89. The molecule has 0 radical (unpaired) electrons. The van der Waals surface area contributed by atoms with Crippen molar-refractivity contribution >= 4 is 57.2 Å². The van der Waals surface area contributed by atoms with Gasteiger partial charge in [-0.1, -0.05) is 6.07 Å². The zero-order chi connectivity index (χ0) is 45.6. The predicted molar refractivity (Wildman–Crippen MR) is 257 cm³/mol. The van der Waals surface area contributed by atoms with Crippen LogP contribution in [0, 0.1) is 5.92 Å². The number of nitrogens with zero attached hydrogens (tertiary/aromatic N) is 9. The molecule has 7 aromatic rings. The van der Waals surface area contributed by atoms with Crippen molar-refractivity contribution < 1.29 is 19.4 Å². The van der Waals surface area contributed by atoms with Crippen molar-refractivity contribution in [3.05, 3.63) is 114 Å². The summed E-state index contributed by atoms with van der Waals surface area (Å²) in [4.78, 5) is 55.3. The molecule has 344 valence electrons. The van der Waals surface area contributed by atoms with Gasteiger partial charge in [-0.2, -0.15) is 0 Å². The van der Waals surface area contributed by atoms with Gasteiger partial charge < -0.3 is 50.0 Å². The number of pyridine rings is 4. The largest absolute Gasteiger partial charge is 0.393 e. The minimum Gasteiger partial charge on any atom is -0.393 e. The van der Waals surface area contributed by atoms with Crippen LogP contribution in [0.4, 0.5) is 34.4 Å². The first-order chi connectivity index (χ1) is 33.3. The molecule has 6 aliphatic heterocycles. The maximum Gasteiger partial charge on any atom is 0.254 e. The molecule has 5 N–H and O–H groups in total. The van der Waals surface area contributed by atoms with Crippen molar-refractivity contribution in [3.63, 3.8) is 0 Å². The van der Waals surface area contributed by atoms with Crippen LogP contribution in [-0.4, -0.2) is 95.0 Å². The lowest BCUT2D eigenvalue weighted by Gasteiger charge is -2.38. The molecule has 2 unspecified atom stereocenters. The number of carbonyl (C=O) groups is 2. The highest BCUT2D eigenvalue weighted by Gasteiger charge is 2.49. The summed E-state index contributed by atoms with van der Waals surface area (Å²) in [5.41, 5.74) is 11.1. The van der Waals surface area contributed by atoms with Gasteiger partial charge in [0.15, 0.2) is 0 Å². The summed E-state index contributed by atoms with van der Waals surface area (Å²) in [7, 11) is 1.97. The number of carbonyl (C=O) groups excluding carboxylic acids is 2. The zero-order valence-corrected chi connectivity index (χ0v) is 37.7. The smallest absolute Gasteiger partial charge is 0.254 e. The third kappa shape index (κ3) is 6.85. The molecule has 3 fully saturated rings. The standard InChI is InChI=1S/C51H51N13O4/c1-61-16-13-35-34(10-14-52-49(35)61)47-37-24-58-51(67)46(37)39(25-56-47)60-43-9-5-30(22-54-43)64-27-32-20-40(64)48(68-32)28-3-2-15-63-41(26-55-44(63)19-28)33-6-7-38(45-36(33)23-57-50(45)66)59-42-8-4-29(21-53-42)62-17-11-31(65)12-18-62/h4-10,13-14,16,21-22,25-26,28,31-32,40,48,65H,2-3,11-12,15,17-20,23-24,27H2,1H3,(H,53,59)(H,54,60)(H,57,66)(H,58,67)/t28?,32-,40-,48?/m1/s1. The number of piperidine rings is 1. The first-order valence-corrected chi connectivity index (χ1v) is 23.8. The molecule has 2 amide bonds. The number of aliphatic hydroxyl groups excluding tert-OH is 1. The van der Waals surface area contributed by atoms with Crippen LogP contribution < -0.4 is 31.1 Å². The molecule has 0 spiro atoms. The lowest BCUT2D eigenvalue weighted by molar-refractivity contribution is -0.0105. The van der Waals surface area contributed by atoms with E-state index in [1.54, 1.807) is 12.4 Å². The van der Waals surface area contributed by atoms with Gasteiger partial charge in [0.2, 0.25) is 0 Å². The fraction of sp³-hybridized carbons (Fsp3) is 0.353. The van der Waals surface area contributed by atoms with E-state index in [4.69, 9.17) is 19.7 Å². The van der Waals surface area contributed by atoms with E-state index in [9.17, 15) is 14.7 Å². The average Bonchev–Trinajstić information content (AvgIpc) is 4.24. The summed E-state index contributed by atoms with van der Waals surface area (Å²) in [6, 6.07) is 16.4. The number of ether oxygens (including phenoxy) is 1. The van der Waals surface area contributed by atoms with Crippen molar-refractivity contribution in [2.45, 2.75) is 82.5 Å². The maximum absolute atomic E-state index is 13.4. The van der Waals surface area contributed by atoms with Crippen molar-refractivity contribution in [1.82, 2.24) is 44.7 Å². The number of hydrogen-bond acceptors (Lipinski definition) is 13. The number of fused-ring (bicyclic) bond motifs is 6. The van der Waals surface area contributed by atoms with E-state index in [0.717, 1.165) is 132 Å². The minimum atomic E-state index is -0.231. The number of nitrogens with one attached hydrogen (secondary N) is 4. The summed E-state index contributed by atoms with van der Waals surface area (Å²) >= 11 is 0. The Morgan fingerprint density at radius 2 is 1.51 bits per heavy atom. The second-order valence-corrected chi connectivity index (χ2v) is 19.0. The fourth-order valence-electron chi connectivity index (χ4n) is 11.7. The second-order valence-electron chi connectivity index (χ2n) is 19.0. The molecule has 2 bridgehead atoms. The molecule has 13 rings (SSSR count). The zero-order valence-electron chi connectivity index (χ0n) is 37.7. The summed E-state index contributed by atoms with van der Waals surface area (Å²) in [5, 5.41) is 23.8. The Kier molecular flexibility index (Phi) is 9.71. The van der Waals surface area contributed by atoms with E-state index in [0.29, 0.717) is 47.5 Å². The monoisotopic (exact) mass is 909 g/mol. The topological polar surface area (TPSA) is 193 Å². The van der Waals surface area contributed by atoms with Gasteiger partial charge in [-0.25, -0.2) is 19.9 Å². The first-order valence-electron chi connectivity index (χ1n) is 23.8. The Hall–Kier alpha value is -7.37. The molecule has 6 aromatic heterocycles. The van der Waals surface area contributed by atoms with Crippen LogP contribution >= 0.6 is 0 Å². The van der Waals surface area contributed by atoms with Crippen LogP contribution in [0.2, 0.25) is 0 Å². The van der Waals surface area contributed by atoms with E-state index in [2.05, 4.69) is 57.7 Å². The normalized spacial score (nSPS) is 22.0. The van der Waals surface area contributed by atoms with Crippen LogP contribution in [0.5, 0.6) is 0 Å². The van der Waals surface area contributed by atoms with Gasteiger partial charge in [0.1, 0.15) is 23.1 Å². The summed E-state index contributed by atoms with van der Waals surface area (Å²) in [5.74, 6) is 2.42. The van der Waals surface area contributed by atoms with Crippen LogP contribution in [0.3, 0.4) is 0 Å². The average molecular weight is 910 g/mol. The third-order valence-electron chi connectivity index (χ3n) is 15.1. The quantitative estimate of drug-likeness (QED) is 0.110. The molecule has 1 aromatic carbocycles. The van der Waals surface area contributed by atoms with Crippen molar-refractivity contribution in [1.29, 1.82) is 0 Å². The van der Waals surface area contributed by atoms with Gasteiger partial charge in [-0.05, 0) is 86.1 Å². The molecular formula is C51H51N13O4. The molecule has 0 aliphatic carbocycles. The number of imidazole rings is 1. The molecule has 6 aliphatic rings. The summed E-state index contributed by atoms with van der Waals surface area (Å²) < 4.78 is 11.1. The number of rotatable bonds is 9. The summed E-state index contributed by atoms with van der Waals surface area (Å²) in [6.45, 7) is 4.12. The van der Waals surface area contributed by atoms with Crippen molar-refractivity contribution in [2.75, 3.05) is 40.1 Å². The second kappa shape index (κ2) is 16.2. The van der Waals surface area contributed by atoms with Gasteiger partial charge in [-0.3, -0.25) is 14.6 Å². The van der Waals surface area contributed by atoms with Gasteiger partial charge in [0.25, 0.3) is 11.8 Å². The molecule has 0 saturated carbocycles. The number of morpholine rings is 1. The van der Waals surface area contributed by atoms with E-state index < -0.39 is 0 Å². The number of aryl methyl sites for hydroxylation is 1. The van der Waals surface area contributed by atoms with Crippen LogP contribution in [-0.2, 0) is 37.8 Å². The highest BCUT2D eigenvalue weighted by atomic mass is 16.5. The Labute approximate surface area is 392 Å². The number of aromatic nitrogens is 7. The minimum absolute atomic E-state index is 0.0632. The van der Waals surface area contributed by atoms with E-state index in [1.165, 1.54) is 0 Å². The number of amides is 2. The Morgan fingerprint density at radius 3 is 2.29 bits per heavy atom. The van der Waals surface area contributed by atoms with Crippen LogP contribution in [0.15, 0.2) is 85.7 Å².